The summed E-state index contributed by atoms with van der Waals surface area (Å²) in [5.41, 5.74) is -1.54. The number of esters is 1. The number of para-hydroxylation sites is 1. The Kier molecular flexibility index (Phi) is 7.46. The van der Waals surface area contributed by atoms with Gasteiger partial charge in [-0.2, -0.15) is 0 Å². The largest absolute Gasteiger partial charge is 0.466 e. The molecule has 3 aliphatic heterocycles. The van der Waals surface area contributed by atoms with Gasteiger partial charge in [0.15, 0.2) is 0 Å². The summed E-state index contributed by atoms with van der Waals surface area (Å²) in [7, 11) is 0. The fraction of sp³-hybridized carbons (Fsp3) is 0.654. The average molecular weight is 507 g/mol. The molecule has 0 saturated carbocycles. The van der Waals surface area contributed by atoms with Crippen molar-refractivity contribution in [1.82, 2.24) is 4.90 Å². The van der Waals surface area contributed by atoms with E-state index in [0.717, 1.165) is 12.8 Å². The number of carbonyl (C=O) groups is 3. The van der Waals surface area contributed by atoms with E-state index in [4.69, 9.17) is 26.2 Å². The van der Waals surface area contributed by atoms with Crippen LogP contribution in [-0.4, -0.2) is 64.8 Å². The first-order valence-corrected chi connectivity index (χ1v) is 12.9. The van der Waals surface area contributed by atoms with Gasteiger partial charge < -0.3 is 24.8 Å². The third-order valence-corrected chi connectivity index (χ3v) is 8.37. The summed E-state index contributed by atoms with van der Waals surface area (Å²) < 4.78 is 12.0. The van der Waals surface area contributed by atoms with Crippen LogP contribution in [0.5, 0.6) is 0 Å². The van der Waals surface area contributed by atoms with Gasteiger partial charge in [0.2, 0.25) is 11.8 Å². The number of carbonyl (C=O) groups excluding carboxylic acids is 3. The van der Waals surface area contributed by atoms with Crippen molar-refractivity contribution < 1.29 is 29.0 Å². The number of likely N-dealkylation sites (tertiary alicyclic amines) is 1. The summed E-state index contributed by atoms with van der Waals surface area (Å²) in [6.07, 6.45) is 3.53. The lowest BCUT2D eigenvalue weighted by atomic mass is 9.62. The predicted octanol–water partition coefficient (Wildman–Crippen LogP) is 3.41. The molecule has 0 aliphatic carbocycles. The van der Waals surface area contributed by atoms with Crippen molar-refractivity contribution in [3.05, 3.63) is 29.3 Å². The van der Waals surface area contributed by atoms with Gasteiger partial charge in [0.1, 0.15) is 17.6 Å². The number of nitrogens with one attached hydrogen (secondary N) is 1. The summed E-state index contributed by atoms with van der Waals surface area (Å²) in [4.78, 5) is 42.4. The van der Waals surface area contributed by atoms with Crippen LogP contribution in [0, 0.1) is 17.8 Å². The smallest absolute Gasteiger partial charge is 0.312 e. The molecule has 8 nitrogen and oxygen atoms in total. The van der Waals surface area contributed by atoms with Crippen LogP contribution in [0.25, 0.3) is 0 Å². The van der Waals surface area contributed by atoms with E-state index >= 15 is 0 Å². The summed E-state index contributed by atoms with van der Waals surface area (Å²) in [5.74, 6) is -2.64. The quantitative estimate of drug-likeness (QED) is 0.372. The minimum Gasteiger partial charge on any atom is -0.466 e. The van der Waals surface area contributed by atoms with Gasteiger partial charge >= 0.3 is 5.97 Å². The summed E-state index contributed by atoms with van der Waals surface area (Å²) in [5, 5.41) is 12.4. The first-order valence-electron chi connectivity index (χ1n) is 12.5. The van der Waals surface area contributed by atoms with Crippen molar-refractivity contribution in [1.29, 1.82) is 0 Å². The van der Waals surface area contributed by atoms with E-state index in [1.54, 1.807) is 36.1 Å². The number of aliphatic hydroxyl groups is 1. The predicted molar refractivity (Wildman–Crippen MR) is 131 cm³/mol. The number of rotatable bonds is 10. The Morgan fingerprint density at radius 1 is 1.26 bits per heavy atom. The minimum atomic E-state index is -1.11. The van der Waals surface area contributed by atoms with Crippen LogP contribution in [0.2, 0.25) is 5.02 Å². The lowest BCUT2D eigenvalue weighted by Crippen LogP contribution is -2.54. The zero-order valence-electron chi connectivity index (χ0n) is 20.6. The van der Waals surface area contributed by atoms with Crippen molar-refractivity contribution in [3.8, 4) is 0 Å². The van der Waals surface area contributed by atoms with Crippen LogP contribution in [0.3, 0.4) is 0 Å². The van der Waals surface area contributed by atoms with E-state index in [9.17, 15) is 14.4 Å². The number of benzene rings is 1. The van der Waals surface area contributed by atoms with Crippen LogP contribution in [0.1, 0.15) is 52.9 Å². The van der Waals surface area contributed by atoms with Gasteiger partial charge in [-0.15, -0.1) is 0 Å². The highest BCUT2D eigenvalue weighted by Gasteiger charge is 2.80. The van der Waals surface area contributed by atoms with E-state index in [2.05, 4.69) is 5.32 Å². The molecule has 3 heterocycles. The highest BCUT2D eigenvalue weighted by atomic mass is 35.5. The minimum absolute atomic E-state index is 0.0407. The van der Waals surface area contributed by atoms with Crippen molar-refractivity contribution in [3.63, 3.8) is 0 Å². The summed E-state index contributed by atoms with van der Waals surface area (Å²) in [6, 6.07) is 6.06. The Labute approximate surface area is 211 Å². The fourth-order valence-corrected chi connectivity index (χ4v) is 6.56. The number of aliphatic hydroxyl groups excluding tert-OH is 1. The molecule has 2 bridgehead atoms. The van der Waals surface area contributed by atoms with E-state index < -0.39 is 35.0 Å². The summed E-state index contributed by atoms with van der Waals surface area (Å²) in [6.45, 7) is 6.31. The molecule has 1 aromatic carbocycles. The second-order valence-electron chi connectivity index (χ2n) is 10.1. The van der Waals surface area contributed by atoms with Gasteiger partial charge in [-0.25, -0.2) is 0 Å². The lowest BCUT2D eigenvalue weighted by Gasteiger charge is -2.35. The maximum Gasteiger partial charge on any atom is 0.312 e. The Bertz CT molecular complexity index is 988. The van der Waals surface area contributed by atoms with Crippen molar-refractivity contribution >= 4 is 35.1 Å². The van der Waals surface area contributed by atoms with Crippen molar-refractivity contribution in [2.75, 3.05) is 25.1 Å². The number of halogens is 1. The van der Waals surface area contributed by atoms with Gasteiger partial charge in [-0.05, 0) is 51.2 Å². The van der Waals surface area contributed by atoms with E-state index in [0.29, 0.717) is 36.5 Å². The molecule has 4 rings (SSSR count). The second-order valence-corrected chi connectivity index (χ2v) is 10.5. The van der Waals surface area contributed by atoms with Crippen LogP contribution >= 0.6 is 11.6 Å². The molecule has 0 aromatic heterocycles. The highest BCUT2D eigenvalue weighted by Crippen LogP contribution is 2.65. The average Bonchev–Trinajstić information content (AvgIpc) is 3.32. The summed E-state index contributed by atoms with van der Waals surface area (Å²) >= 11 is 6.30. The van der Waals surface area contributed by atoms with E-state index in [-0.39, 0.29) is 30.9 Å². The molecule has 9 heteroatoms. The molecule has 192 valence electrons. The zero-order chi connectivity index (χ0) is 25.4. The fourth-order valence-electron chi connectivity index (χ4n) is 6.38. The molecule has 35 heavy (non-hydrogen) atoms. The Hall–Kier alpha value is -2.16. The number of nitrogens with zero attached hydrogens (tertiary/aromatic N) is 1. The molecule has 3 aliphatic rings. The maximum atomic E-state index is 13.9. The number of ether oxygens (including phenoxy) is 2. The van der Waals surface area contributed by atoms with Gasteiger partial charge in [-0.3, -0.25) is 14.4 Å². The molecule has 2 amide bonds. The Morgan fingerprint density at radius 2 is 1.97 bits per heavy atom. The van der Waals surface area contributed by atoms with E-state index in [1.807, 2.05) is 13.8 Å². The van der Waals surface area contributed by atoms with Crippen LogP contribution in [0.4, 0.5) is 5.69 Å². The monoisotopic (exact) mass is 506 g/mol. The molecule has 3 unspecified atom stereocenters. The molecular formula is C26H35ClN2O6. The molecule has 3 saturated heterocycles. The van der Waals surface area contributed by atoms with Crippen LogP contribution in [0.15, 0.2) is 24.3 Å². The Balaban J connectivity index is 1.69. The number of anilines is 1. The number of hydrogen-bond acceptors (Lipinski definition) is 6. The highest BCUT2D eigenvalue weighted by molar-refractivity contribution is 6.33. The molecular weight excluding hydrogens is 472 g/mol. The molecule has 6 atom stereocenters. The third-order valence-electron chi connectivity index (χ3n) is 8.04. The normalized spacial score (nSPS) is 33.2. The van der Waals surface area contributed by atoms with Gasteiger partial charge in [0.25, 0.3) is 0 Å². The first kappa shape index (κ1) is 25.9. The number of unbranched alkanes of at least 4 members (excludes halogenated alkanes) is 3. The maximum absolute atomic E-state index is 13.9. The standard InChI is InChI=1S/C26H35ClN2O6/c1-4-34-24(33)20-19-23(32)29(13-9-5-6-10-14-30)21(26(19)15-16(2)25(20,3)35-26)22(31)28-18-12-8-7-11-17(18)27/h7-8,11-12,16,19-21,30H,4-6,9-10,13-15H2,1-3H3,(H,28,31)/t16?,19-,20+,21?,25-,26?/m0/s1. The van der Waals surface area contributed by atoms with Gasteiger partial charge in [-0.1, -0.05) is 43.5 Å². The Morgan fingerprint density at radius 3 is 2.66 bits per heavy atom. The second kappa shape index (κ2) is 10.1. The van der Waals surface area contributed by atoms with Crippen molar-refractivity contribution in [2.24, 2.45) is 17.8 Å². The van der Waals surface area contributed by atoms with Gasteiger partial charge in [0.05, 0.1) is 28.8 Å². The number of amides is 2. The van der Waals surface area contributed by atoms with Crippen LogP contribution in [-0.2, 0) is 23.9 Å². The van der Waals surface area contributed by atoms with Gasteiger partial charge in [0, 0.05) is 13.2 Å². The molecule has 0 radical (unpaired) electrons. The first-order chi connectivity index (χ1) is 16.7. The SMILES string of the molecule is CCOC(=O)[C@H]1[C@H]2C(=O)N(CCCCCCO)C(C(=O)Nc3ccccc3Cl)C23CC(C)[C@]1(C)O3. The zero-order valence-corrected chi connectivity index (χ0v) is 21.3. The van der Waals surface area contributed by atoms with Crippen molar-refractivity contribution in [2.45, 2.75) is 70.1 Å². The topological polar surface area (TPSA) is 105 Å². The van der Waals surface area contributed by atoms with Crippen LogP contribution < -0.4 is 5.32 Å². The van der Waals surface area contributed by atoms with E-state index in [1.165, 1.54) is 0 Å². The number of hydrogen-bond donors (Lipinski definition) is 2. The number of fused-ring (bicyclic) bond motifs is 1. The third kappa shape index (κ3) is 4.23. The molecule has 1 aromatic rings. The molecule has 1 spiro atoms. The lowest BCUT2D eigenvalue weighted by molar-refractivity contribution is -0.160. The molecule has 3 fully saturated rings. The molecule has 2 N–H and O–H groups in total.